The molecule has 0 aliphatic carbocycles. The highest BCUT2D eigenvalue weighted by molar-refractivity contribution is 6.42. The Balaban J connectivity index is 2.00. The maximum absolute atomic E-state index is 5.98. The Labute approximate surface area is 128 Å². The molecule has 0 fully saturated rings. The van der Waals surface area contributed by atoms with Gasteiger partial charge < -0.3 is 10.3 Å². The van der Waals surface area contributed by atoms with E-state index in [2.05, 4.69) is 17.1 Å². The summed E-state index contributed by atoms with van der Waals surface area (Å²) < 4.78 is 5.21. The van der Waals surface area contributed by atoms with E-state index in [-0.39, 0.29) is 6.04 Å². The summed E-state index contributed by atoms with van der Waals surface area (Å²) in [5.41, 5.74) is 6.95. The lowest BCUT2D eigenvalue weighted by Crippen LogP contribution is -2.22. The van der Waals surface area contributed by atoms with Crippen LogP contribution >= 0.6 is 23.2 Å². The van der Waals surface area contributed by atoms with Crippen LogP contribution in [-0.2, 0) is 12.8 Å². The monoisotopic (exact) mass is 313 g/mol. The van der Waals surface area contributed by atoms with E-state index in [1.54, 1.807) is 6.07 Å². The molecule has 0 saturated heterocycles. The molecule has 0 spiro atoms. The number of halogens is 2. The molecule has 0 bridgehead atoms. The molecule has 1 atom stereocenters. The number of hydrogen-bond acceptors (Lipinski definition) is 4. The predicted molar refractivity (Wildman–Crippen MR) is 80.2 cm³/mol. The van der Waals surface area contributed by atoms with Gasteiger partial charge in [0.15, 0.2) is 5.82 Å². The fraction of sp³-hybridized carbons (Fsp3) is 0.429. The smallest absolute Gasteiger partial charge is 0.228 e. The highest BCUT2D eigenvalue weighted by Gasteiger charge is 2.11. The van der Waals surface area contributed by atoms with Gasteiger partial charge in [-0.2, -0.15) is 4.98 Å². The summed E-state index contributed by atoms with van der Waals surface area (Å²) in [6.45, 7) is 2.10. The molecule has 2 N–H and O–H groups in total. The third-order valence-electron chi connectivity index (χ3n) is 2.95. The molecule has 0 aliphatic rings. The van der Waals surface area contributed by atoms with Crippen molar-refractivity contribution in [3.63, 3.8) is 0 Å². The van der Waals surface area contributed by atoms with Crippen LogP contribution in [0, 0.1) is 0 Å². The molecular weight excluding hydrogens is 297 g/mol. The summed E-state index contributed by atoms with van der Waals surface area (Å²) in [5, 5.41) is 5.02. The summed E-state index contributed by atoms with van der Waals surface area (Å²) in [6.07, 6.45) is 3.17. The Morgan fingerprint density at radius 1 is 1.30 bits per heavy atom. The van der Waals surface area contributed by atoms with E-state index in [4.69, 9.17) is 33.5 Å². The zero-order valence-corrected chi connectivity index (χ0v) is 12.8. The van der Waals surface area contributed by atoms with Gasteiger partial charge in [0, 0.05) is 18.9 Å². The molecule has 108 valence electrons. The highest BCUT2D eigenvalue weighted by Crippen LogP contribution is 2.23. The second-order valence-electron chi connectivity index (χ2n) is 4.78. The molecule has 20 heavy (non-hydrogen) atoms. The summed E-state index contributed by atoms with van der Waals surface area (Å²) in [5.74, 6) is 1.21. The van der Waals surface area contributed by atoms with E-state index >= 15 is 0 Å². The first kappa shape index (κ1) is 15.3. The molecule has 2 aromatic rings. The van der Waals surface area contributed by atoms with Crippen LogP contribution in [0.4, 0.5) is 0 Å². The quantitative estimate of drug-likeness (QED) is 0.884. The van der Waals surface area contributed by atoms with Crippen LogP contribution in [0.25, 0.3) is 0 Å². The van der Waals surface area contributed by atoms with E-state index in [0.717, 1.165) is 18.4 Å². The molecule has 4 nitrogen and oxygen atoms in total. The van der Waals surface area contributed by atoms with Gasteiger partial charge in [0.2, 0.25) is 5.89 Å². The van der Waals surface area contributed by atoms with Crippen molar-refractivity contribution in [1.29, 1.82) is 0 Å². The molecule has 0 saturated carbocycles. The average Bonchev–Trinajstić information content (AvgIpc) is 2.81. The van der Waals surface area contributed by atoms with Gasteiger partial charge in [0.25, 0.3) is 0 Å². The Morgan fingerprint density at radius 3 is 2.80 bits per heavy atom. The Morgan fingerprint density at radius 2 is 2.10 bits per heavy atom. The Kier molecular flexibility index (Phi) is 5.40. The van der Waals surface area contributed by atoms with Crippen LogP contribution in [0.3, 0.4) is 0 Å². The van der Waals surface area contributed by atoms with E-state index in [1.165, 1.54) is 0 Å². The van der Waals surface area contributed by atoms with Crippen molar-refractivity contribution in [3.05, 3.63) is 45.5 Å². The van der Waals surface area contributed by atoms with Gasteiger partial charge in [-0.05, 0) is 24.1 Å². The topological polar surface area (TPSA) is 64.9 Å². The molecule has 0 aliphatic heterocycles. The molecule has 0 amide bonds. The van der Waals surface area contributed by atoms with Crippen LogP contribution in [0.15, 0.2) is 22.7 Å². The number of hydrogen-bond donors (Lipinski definition) is 1. The molecular formula is C14H17Cl2N3O. The largest absolute Gasteiger partial charge is 0.339 e. The zero-order valence-electron chi connectivity index (χ0n) is 11.3. The van der Waals surface area contributed by atoms with Crippen molar-refractivity contribution in [1.82, 2.24) is 10.1 Å². The molecule has 0 radical (unpaired) electrons. The second kappa shape index (κ2) is 7.07. The summed E-state index contributed by atoms with van der Waals surface area (Å²) in [7, 11) is 0. The van der Waals surface area contributed by atoms with Crippen molar-refractivity contribution in [2.24, 2.45) is 5.73 Å². The normalized spacial score (nSPS) is 12.6. The van der Waals surface area contributed by atoms with E-state index in [9.17, 15) is 0 Å². The van der Waals surface area contributed by atoms with Gasteiger partial charge in [-0.25, -0.2) is 0 Å². The van der Waals surface area contributed by atoms with Crippen molar-refractivity contribution in [2.75, 3.05) is 0 Å². The summed E-state index contributed by atoms with van der Waals surface area (Å²) >= 11 is 11.9. The van der Waals surface area contributed by atoms with E-state index < -0.39 is 0 Å². The Hall–Kier alpha value is -1.10. The van der Waals surface area contributed by atoms with Crippen LogP contribution in [0.2, 0.25) is 10.0 Å². The number of nitrogens with zero attached hydrogens (tertiary/aromatic N) is 2. The van der Waals surface area contributed by atoms with Gasteiger partial charge in [0.05, 0.1) is 10.0 Å². The lowest BCUT2D eigenvalue weighted by Gasteiger charge is -2.05. The first-order valence-electron chi connectivity index (χ1n) is 6.59. The number of nitrogens with two attached hydrogens (primary N) is 1. The van der Waals surface area contributed by atoms with Crippen molar-refractivity contribution in [3.8, 4) is 0 Å². The maximum Gasteiger partial charge on any atom is 0.228 e. The molecule has 6 heteroatoms. The Bertz CT molecular complexity index is 571. The van der Waals surface area contributed by atoms with Gasteiger partial charge >= 0.3 is 0 Å². The number of rotatable bonds is 6. The second-order valence-corrected chi connectivity index (χ2v) is 5.60. The molecule has 1 aromatic heterocycles. The molecule has 2 rings (SSSR count). The van der Waals surface area contributed by atoms with Gasteiger partial charge in [-0.15, -0.1) is 0 Å². The fourth-order valence-electron chi connectivity index (χ4n) is 1.97. The minimum absolute atomic E-state index is 0.0678. The molecule has 1 unspecified atom stereocenters. The third-order valence-corrected chi connectivity index (χ3v) is 3.69. The van der Waals surface area contributed by atoms with Crippen molar-refractivity contribution < 1.29 is 4.52 Å². The van der Waals surface area contributed by atoms with Crippen LogP contribution < -0.4 is 5.73 Å². The lowest BCUT2D eigenvalue weighted by atomic mass is 10.1. The van der Waals surface area contributed by atoms with Crippen LogP contribution in [-0.4, -0.2) is 16.2 Å². The van der Waals surface area contributed by atoms with Crippen molar-refractivity contribution in [2.45, 2.75) is 38.6 Å². The van der Waals surface area contributed by atoms with E-state index in [1.807, 2.05) is 12.1 Å². The molecule has 1 heterocycles. The summed E-state index contributed by atoms with van der Waals surface area (Å²) in [6, 6.07) is 5.53. The predicted octanol–water partition coefficient (Wildman–Crippen LogP) is 3.64. The summed E-state index contributed by atoms with van der Waals surface area (Å²) in [4.78, 5) is 4.35. The van der Waals surface area contributed by atoms with E-state index in [0.29, 0.717) is 34.6 Å². The zero-order chi connectivity index (χ0) is 14.5. The third kappa shape index (κ3) is 4.20. The minimum Gasteiger partial charge on any atom is -0.339 e. The van der Waals surface area contributed by atoms with Gasteiger partial charge in [0.1, 0.15) is 0 Å². The first-order valence-corrected chi connectivity index (χ1v) is 7.35. The number of aromatic nitrogens is 2. The van der Waals surface area contributed by atoms with Gasteiger partial charge in [-0.3, -0.25) is 0 Å². The average molecular weight is 314 g/mol. The van der Waals surface area contributed by atoms with Crippen LogP contribution in [0.5, 0.6) is 0 Å². The minimum atomic E-state index is 0.0678. The lowest BCUT2D eigenvalue weighted by molar-refractivity contribution is 0.361. The fourth-order valence-corrected chi connectivity index (χ4v) is 2.29. The first-order chi connectivity index (χ1) is 9.58. The number of benzene rings is 1. The van der Waals surface area contributed by atoms with Crippen LogP contribution in [0.1, 0.15) is 37.0 Å². The van der Waals surface area contributed by atoms with Gasteiger partial charge in [-0.1, -0.05) is 47.8 Å². The standard InChI is InChI=1S/C14H17Cl2N3O/c1-2-3-10(17)8-14-18-13(19-20-14)7-9-4-5-11(15)12(16)6-9/h4-6,10H,2-3,7-8,17H2,1H3. The van der Waals surface area contributed by atoms with Crippen molar-refractivity contribution >= 4 is 23.2 Å². The highest BCUT2D eigenvalue weighted by atomic mass is 35.5. The SMILES string of the molecule is CCCC(N)Cc1nc(Cc2ccc(Cl)c(Cl)c2)no1. The maximum atomic E-state index is 5.98. The molecule has 1 aromatic carbocycles.